The number of nitrogens with zero attached hydrogens (tertiary/aromatic N) is 2. The van der Waals surface area contributed by atoms with E-state index in [4.69, 9.17) is 11.6 Å². The SMILES string of the molecule is CCCn1c(=O)sc2cc(S(=O)(=O)N3CCC(C(=O)Nc4ccc(C)c(Cl)c4)CC3)ccc21. The Hall–Kier alpha value is -2.20. The second-order valence-electron chi connectivity index (χ2n) is 8.28. The highest BCUT2D eigenvalue weighted by molar-refractivity contribution is 7.89. The molecule has 0 atom stereocenters. The van der Waals surface area contributed by atoms with E-state index in [1.54, 1.807) is 34.9 Å². The molecule has 7 nitrogen and oxygen atoms in total. The molecule has 1 saturated heterocycles. The van der Waals surface area contributed by atoms with Crippen molar-refractivity contribution in [3.05, 3.63) is 56.7 Å². The molecular weight excluding hydrogens is 482 g/mol. The number of nitrogens with one attached hydrogen (secondary N) is 1. The van der Waals surface area contributed by atoms with E-state index in [-0.39, 0.29) is 34.7 Å². The minimum absolute atomic E-state index is 0.0805. The zero-order valence-corrected chi connectivity index (χ0v) is 20.9. The Bertz CT molecular complexity index is 1360. The number of anilines is 1. The summed E-state index contributed by atoms with van der Waals surface area (Å²) in [5.41, 5.74) is 2.32. The molecule has 1 aliphatic heterocycles. The van der Waals surface area contributed by atoms with Crippen LogP contribution >= 0.6 is 22.9 Å². The molecule has 2 heterocycles. The molecule has 0 unspecified atom stereocenters. The molecule has 4 rings (SSSR count). The van der Waals surface area contributed by atoms with Crippen molar-refractivity contribution in [3.8, 4) is 0 Å². The van der Waals surface area contributed by atoms with E-state index in [9.17, 15) is 18.0 Å². The maximum Gasteiger partial charge on any atom is 0.308 e. The van der Waals surface area contributed by atoms with E-state index in [0.717, 1.165) is 28.8 Å². The van der Waals surface area contributed by atoms with Gasteiger partial charge in [0.25, 0.3) is 0 Å². The number of rotatable bonds is 6. The smallest absolute Gasteiger partial charge is 0.308 e. The summed E-state index contributed by atoms with van der Waals surface area (Å²) in [5.74, 6) is -0.400. The number of carbonyl (C=O) groups is 1. The molecule has 10 heteroatoms. The van der Waals surface area contributed by atoms with E-state index in [2.05, 4.69) is 5.32 Å². The molecule has 2 aromatic carbocycles. The molecule has 33 heavy (non-hydrogen) atoms. The summed E-state index contributed by atoms with van der Waals surface area (Å²) in [6, 6.07) is 10.2. The van der Waals surface area contributed by atoms with Crippen LogP contribution in [0, 0.1) is 12.8 Å². The number of aryl methyl sites for hydroxylation is 2. The Morgan fingerprint density at radius 1 is 1.18 bits per heavy atom. The first kappa shape index (κ1) is 23.9. The number of hydrogen-bond acceptors (Lipinski definition) is 5. The summed E-state index contributed by atoms with van der Waals surface area (Å²) in [6.07, 6.45) is 1.70. The Labute approximate surface area is 202 Å². The fraction of sp³-hybridized carbons (Fsp3) is 0.391. The molecule has 1 fully saturated rings. The van der Waals surface area contributed by atoms with Crippen molar-refractivity contribution in [2.75, 3.05) is 18.4 Å². The zero-order chi connectivity index (χ0) is 23.8. The van der Waals surface area contributed by atoms with Gasteiger partial charge in [-0.3, -0.25) is 14.2 Å². The number of sulfonamides is 1. The monoisotopic (exact) mass is 507 g/mol. The third-order valence-corrected chi connectivity index (χ3v) is 9.23. The topological polar surface area (TPSA) is 88.5 Å². The lowest BCUT2D eigenvalue weighted by Crippen LogP contribution is -2.41. The summed E-state index contributed by atoms with van der Waals surface area (Å²) in [5, 5.41) is 3.47. The maximum atomic E-state index is 13.2. The molecule has 1 aliphatic rings. The van der Waals surface area contributed by atoms with Gasteiger partial charge in [0.2, 0.25) is 15.9 Å². The van der Waals surface area contributed by atoms with Crippen molar-refractivity contribution in [1.82, 2.24) is 8.87 Å². The van der Waals surface area contributed by atoms with Gasteiger partial charge in [0.1, 0.15) is 0 Å². The third-order valence-electron chi connectivity index (χ3n) is 5.99. The normalized spacial score (nSPS) is 15.7. The van der Waals surface area contributed by atoms with Gasteiger partial charge in [-0.1, -0.05) is 35.9 Å². The number of aromatic nitrogens is 1. The van der Waals surface area contributed by atoms with Crippen LogP contribution in [-0.4, -0.2) is 36.3 Å². The molecule has 0 aliphatic carbocycles. The molecule has 1 aromatic heterocycles. The number of carbonyl (C=O) groups excluding carboxylic acids is 1. The van der Waals surface area contributed by atoms with Crippen molar-refractivity contribution >= 4 is 54.8 Å². The van der Waals surface area contributed by atoms with Crippen LogP contribution in [0.25, 0.3) is 10.2 Å². The largest absolute Gasteiger partial charge is 0.326 e. The predicted molar refractivity (Wildman–Crippen MR) is 133 cm³/mol. The minimum atomic E-state index is -3.71. The first-order valence-electron chi connectivity index (χ1n) is 10.9. The van der Waals surface area contributed by atoms with E-state index in [0.29, 0.717) is 34.8 Å². The molecule has 3 aromatic rings. The lowest BCUT2D eigenvalue weighted by atomic mass is 9.97. The van der Waals surface area contributed by atoms with Crippen LogP contribution in [0.5, 0.6) is 0 Å². The molecule has 1 amide bonds. The van der Waals surface area contributed by atoms with E-state index >= 15 is 0 Å². The molecule has 0 radical (unpaired) electrons. The van der Waals surface area contributed by atoms with Crippen LogP contribution in [0.2, 0.25) is 5.02 Å². The highest BCUT2D eigenvalue weighted by atomic mass is 35.5. The van der Waals surface area contributed by atoms with Crippen molar-refractivity contribution in [3.63, 3.8) is 0 Å². The second-order valence-corrected chi connectivity index (χ2v) is 11.6. The number of benzene rings is 2. The molecule has 0 bridgehead atoms. The highest BCUT2D eigenvalue weighted by Gasteiger charge is 2.32. The lowest BCUT2D eigenvalue weighted by Gasteiger charge is -2.30. The molecule has 0 saturated carbocycles. The van der Waals surface area contributed by atoms with Gasteiger partial charge in [0.05, 0.1) is 15.1 Å². The number of amides is 1. The van der Waals surface area contributed by atoms with Crippen LogP contribution in [0.3, 0.4) is 0 Å². The second kappa shape index (κ2) is 9.58. The van der Waals surface area contributed by atoms with Crippen LogP contribution in [-0.2, 0) is 21.4 Å². The van der Waals surface area contributed by atoms with Gasteiger partial charge in [-0.15, -0.1) is 0 Å². The van der Waals surface area contributed by atoms with Gasteiger partial charge in [0.15, 0.2) is 0 Å². The summed E-state index contributed by atoms with van der Waals surface area (Å²) in [6.45, 7) is 5.02. The number of fused-ring (bicyclic) bond motifs is 1. The van der Waals surface area contributed by atoms with Crippen LogP contribution in [0.4, 0.5) is 5.69 Å². The van der Waals surface area contributed by atoms with Crippen LogP contribution < -0.4 is 10.2 Å². The van der Waals surface area contributed by atoms with Crippen molar-refractivity contribution in [1.29, 1.82) is 0 Å². The van der Waals surface area contributed by atoms with Gasteiger partial charge >= 0.3 is 4.87 Å². The van der Waals surface area contributed by atoms with Crippen LogP contribution in [0.1, 0.15) is 31.7 Å². The zero-order valence-electron chi connectivity index (χ0n) is 18.5. The number of piperidine rings is 1. The summed E-state index contributed by atoms with van der Waals surface area (Å²) in [7, 11) is -3.71. The quantitative estimate of drug-likeness (QED) is 0.533. The van der Waals surface area contributed by atoms with Crippen LogP contribution in [0.15, 0.2) is 46.1 Å². The summed E-state index contributed by atoms with van der Waals surface area (Å²) < 4.78 is 30.2. The van der Waals surface area contributed by atoms with Gasteiger partial charge in [-0.2, -0.15) is 4.31 Å². The van der Waals surface area contributed by atoms with Crippen molar-refractivity contribution in [2.24, 2.45) is 5.92 Å². The Morgan fingerprint density at radius 2 is 1.91 bits per heavy atom. The van der Waals surface area contributed by atoms with E-state index in [1.807, 2.05) is 19.9 Å². The number of hydrogen-bond donors (Lipinski definition) is 1. The standard InChI is InChI=1S/C23H26ClN3O4S2/c1-3-10-27-20-7-6-18(14-21(20)32-23(27)29)33(30,31)26-11-8-16(9-12-26)22(28)25-17-5-4-15(2)19(24)13-17/h4-7,13-14,16H,3,8-12H2,1-2H3,(H,25,28). The Morgan fingerprint density at radius 3 is 2.58 bits per heavy atom. The maximum absolute atomic E-state index is 13.2. The molecule has 176 valence electrons. The van der Waals surface area contributed by atoms with Gasteiger partial charge in [-0.25, -0.2) is 8.42 Å². The first-order chi connectivity index (χ1) is 15.7. The molecular formula is C23H26ClN3O4S2. The van der Waals surface area contributed by atoms with Gasteiger partial charge < -0.3 is 5.32 Å². The van der Waals surface area contributed by atoms with Crippen molar-refractivity contribution < 1.29 is 13.2 Å². The fourth-order valence-electron chi connectivity index (χ4n) is 4.06. The average molecular weight is 508 g/mol. The van der Waals surface area contributed by atoms with Gasteiger partial charge in [0, 0.05) is 36.3 Å². The fourth-order valence-corrected chi connectivity index (χ4v) is 6.77. The molecule has 0 spiro atoms. The number of thiazole rings is 1. The van der Waals surface area contributed by atoms with Gasteiger partial charge in [-0.05, 0) is 62.1 Å². The first-order valence-corrected chi connectivity index (χ1v) is 13.5. The van der Waals surface area contributed by atoms with E-state index < -0.39 is 10.0 Å². The Balaban J connectivity index is 1.44. The predicted octanol–water partition coefficient (Wildman–Crippen LogP) is 4.47. The highest BCUT2D eigenvalue weighted by Crippen LogP contribution is 2.28. The third kappa shape index (κ3) is 4.87. The lowest BCUT2D eigenvalue weighted by molar-refractivity contribution is -0.120. The number of halogens is 1. The van der Waals surface area contributed by atoms with Crippen molar-refractivity contribution in [2.45, 2.75) is 44.6 Å². The minimum Gasteiger partial charge on any atom is -0.326 e. The average Bonchev–Trinajstić information content (AvgIpc) is 3.11. The summed E-state index contributed by atoms with van der Waals surface area (Å²) >= 11 is 7.19. The Kier molecular flexibility index (Phi) is 6.95. The summed E-state index contributed by atoms with van der Waals surface area (Å²) in [4.78, 5) is 25.0. The molecule has 1 N–H and O–H groups in total. The van der Waals surface area contributed by atoms with E-state index in [1.165, 1.54) is 4.31 Å².